The molecule has 2 aromatic carbocycles. The molecule has 3 aromatic rings. The molecule has 0 unspecified atom stereocenters. The van der Waals surface area contributed by atoms with Crippen LogP contribution in [0.3, 0.4) is 0 Å². The van der Waals surface area contributed by atoms with Gasteiger partial charge in [-0.1, -0.05) is 46.9 Å². The first-order valence-corrected chi connectivity index (χ1v) is 11.9. The molecule has 0 bridgehead atoms. The molecule has 4 rings (SSSR count). The van der Waals surface area contributed by atoms with Gasteiger partial charge >= 0.3 is 6.03 Å². The summed E-state index contributed by atoms with van der Waals surface area (Å²) in [6, 6.07) is 11.0. The summed E-state index contributed by atoms with van der Waals surface area (Å²) >= 11 is 18.2. The third kappa shape index (κ3) is 5.72. The number of hydrogen-bond donors (Lipinski definition) is 3. The predicted molar refractivity (Wildman–Crippen MR) is 137 cm³/mol. The van der Waals surface area contributed by atoms with E-state index in [1.54, 1.807) is 0 Å². The van der Waals surface area contributed by atoms with Crippen molar-refractivity contribution in [1.82, 2.24) is 15.3 Å². The van der Waals surface area contributed by atoms with E-state index in [2.05, 4.69) is 20.9 Å². The molecule has 1 fully saturated rings. The summed E-state index contributed by atoms with van der Waals surface area (Å²) in [6.45, 7) is 0. The topological polar surface area (TPSA) is 82.2 Å². The lowest BCUT2D eigenvalue weighted by atomic mass is 9.91. The van der Waals surface area contributed by atoms with Gasteiger partial charge in [0.2, 0.25) is 5.95 Å². The lowest BCUT2D eigenvalue weighted by Gasteiger charge is -2.30. The maximum Gasteiger partial charge on any atom is 0.319 e. The van der Waals surface area contributed by atoms with Crippen LogP contribution in [0.1, 0.15) is 25.7 Å². The standard InChI is InChI=1S/C23H25Cl3N6O/c1-32(2)21-16-5-3-4-6-19(16)29-22(31-21)27-14-7-9-15(10-8-14)28-23(33)30-20-17(25)11-13(24)12-18(20)26/h3-6,11-12,14-15H,7-10H2,1-2H3,(H,27,29,31)(H2,28,30,33)/t14-,15+. The van der Waals surface area contributed by atoms with Gasteiger partial charge in [0, 0.05) is 36.6 Å². The Kier molecular flexibility index (Phi) is 7.32. The molecule has 0 radical (unpaired) electrons. The van der Waals surface area contributed by atoms with Crippen LogP contribution in [0, 0.1) is 0 Å². The molecular weight excluding hydrogens is 483 g/mol. The maximum absolute atomic E-state index is 12.5. The van der Waals surface area contributed by atoms with Crippen LogP contribution >= 0.6 is 34.8 Å². The van der Waals surface area contributed by atoms with Crippen molar-refractivity contribution in [2.45, 2.75) is 37.8 Å². The first-order valence-electron chi connectivity index (χ1n) is 10.7. The highest BCUT2D eigenvalue weighted by atomic mass is 35.5. The van der Waals surface area contributed by atoms with Gasteiger partial charge in [-0.15, -0.1) is 0 Å². The predicted octanol–water partition coefficient (Wildman–Crippen LogP) is 6.20. The van der Waals surface area contributed by atoms with E-state index in [9.17, 15) is 4.79 Å². The van der Waals surface area contributed by atoms with Gasteiger partial charge in [-0.3, -0.25) is 0 Å². The van der Waals surface area contributed by atoms with Crippen molar-refractivity contribution in [3.05, 3.63) is 51.5 Å². The van der Waals surface area contributed by atoms with E-state index in [-0.39, 0.29) is 18.1 Å². The van der Waals surface area contributed by atoms with Crippen molar-refractivity contribution in [1.29, 1.82) is 0 Å². The molecule has 174 valence electrons. The number of nitrogens with one attached hydrogen (secondary N) is 3. The Hall–Kier alpha value is -2.48. The maximum atomic E-state index is 12.5. The number of rotatable bonds is 5. The van der Waals surface area contributed by atoms with Crippen LogP contribution in [0.25, 0.3) is 10.9 Å². The van der Waals surface area contributed by atoms with E-state index >= 15 is 0 Å². The molecular formula is C23H25Cl3N6O. The van der Waals surface area contributed by atoms with Crippen LogP contribution in [0.4, 0.5) is 22.2 Å². The largest absolute Gasteiger partial charge is 0.362 e. The highest BCUT2D eigenvalue weighted by Gasteiger charge is 2.24. The minimum absolute atomic E-state index is 0.0581. The van der Waals surface area contributed by atoms with Crippen molar-refractivity contribution in [2.75, 3.05) is 29.6 Å². The Morgan fingerprint density at radius 1 is 0.970 bits per heavy atom. The van der Waals surface area contributed by atoms with E-state index in [1.165, 1.54) is 12.1 Å². The molecule has 1 aromatic heterocycles. The molecule has 0 saturated heterocycles. The number of anilines is 3. The number of fused-ring (bicyclic) bond motifs is 1. The molecule has 0 atom stereocenters. The van der Waals surface area contributed by atoms with Gasteiger partial charge in [0.25, 0.3) is 0 Å². The van der Waals surface area contributed by atoms with E-state index in [0.717, 1.165) is 42.4 Å². The van der Waals surface area contributed by atoms with Crippen molar-refractivity contribution in [3.8, 4) is 0 Å². The van der Waals surface area contributed by atoms with Gasteiger partial charge in [-0.05, 0) is 49.9 Å². The van der Waals surface area contributed by atoms with Crippen LogP contribution in [0.2, 0.25) is 15.1 Å². The van der Waals surface area contributed by atoms with Crippen molar-refractivity contribution >= 4 is 69.2 Å². The highest BCUT2D eigenvalue weighted by Crippen LogP contribution is 2.33. The summed E-state index contributed by atoms with van der Waals surface area (Å²) in [5.74, 6) is 1.51. The van der Waals surface area contributed by atoms with E-state index in [0.29, 0.717) is 26.7 Å². The fraction of sp³-hybridized carbons (Fsp3) is 0.348. The van der Waals surface area contributed by atoms with Crippen molar-refractivity contribution in [2.24, 2.45) is 0 Å². The summed E-state index contributed by atoms with van der Waals surface area (Å²) in [7, 11) is 3.95. The molecule has 7 nitrogen and oxygen atoms in total. The molecule has 1 heterocycles. The number of urea groups is 1. The average Bonchev–Trinajstić information content (AvgIpc) is 2.77. The smallest absolute Gasteiger partial charge is 0.319 e. The summed E-state index contributed by atoms with van der Waals surface area (Å²) in [5.41, 5.74) is 1.26. The fourth-order valence-electron chi connectivity index (χ4n) is 4.03. The lowest BCUT2D eigenvalue weighted by molar-refractivity contribution is 0.243. The van der Waals surface area contributed by atoms with Crippen LogP contribution in [-0.2, 0) is 0 Å². The molecule has 1 aliphatic rings. The number of benzene rings is 2. The molecule has 3 N–H and O–H groups in total. The minimum atomic E-state index is -0.342. The average molecular weight is 508 g/mol. The Bertz CT molecular complexity index is 1140. The number of aromatic nitrogens is 2. The summed E-state index contributed by atoms with van der Waals surface area (Å²) in [4.78, 5) is 23.9. The normalized spacial score (nSPS) is 18.1. The van der Waals surface area contributed by atoms with Gasteiger partial charge in [-0.2, -0.15) is 4.98 Å². The summed E-state index contributed by atoms with van der Waals surface area (Å²) in [6.07, 6.45) is 3.45. The van der Waals surface area contributed by atoms with Crippen LogP contribution in [0.5, 0.6) is 0 Å². The molecule has 1 saturated carbocycles. The van der Waals surface area contributed by atoms with Crippen molar-refractivity contribution in [3.63, 3.8) is 0 Å². The number of para-hydroxylation sites is 1. The zero-order valence-electron chi connectivity index (χ0n) is 18.3. The first-order chi connectivity index (χ1) is 15.8. The number of carbonyl (C=O) groups excluding carboxylic acids is 1. The van der Waals surface area contributed by atoms with Gasteiger partial charge in [0.1, 0.15) is 5.82 Å². The van der Waals surface area contributed by atoms with Gasteiger partial charge < -0.3 is 20.9 Å². The highest BCUT2D eigenvalue weighted by molar-refractivity contribution is 6.42. The third-order valence-electron chi connectivity index (χ3n) is 5.65. The third-order valence-corrected chi connectivity index (χ3v) is 6.46. The van der Waals surface area contributed by atoms with Crippen LogP contribution in [0.15, 0.2) is 36.4 Å². The van der Waals surface area contributed by atoms with Crippen LogP contribution < -0.4 is 20.9 Å². The van der Waals surface area contributed by atoms with Gasteiger partial charge in [0.05, 0.1) is 21.2 Å². The second-order valence-electron chi connectivity index (χ2n) is 8.32. The minimum Gasteiger partial charge on any atom is -0.362 e. The Morgan fingerprint density at radius 3 is 2.27 bits per heavy atom. The Balaban J connectivity index is 1.34. The molecule has 33 heavy (non-hydrogen) atoms. The molecule has 0 spiro atoms. The number of nitrogens with zero attached hydrogens (tertiary/aromatic N) is 3. The number of halogens is 3. The number of hydrogen-bond acceptors (Lipinski definition) is 5. The SMILES string of the molecule is CN(C)c1nc(N[C@H]2CC[C@@H](NC(=O)Nc3c(Cl)cc(Cl)cc3Cl)CC2)nc2ccccc12. The van der Waals surface area contributed by atoms with E-state index in [4.69, 9.17) is 39.8 Å². The Morgan fingerprint density at radius 2 is 1.61 bits per heavy atom. The molecule has 10 heteroatoms. The van der Waals surface area contributed by atoms with Crippen LogP contribution in [-0.4, -0.2) is 42.2 Å². The lowest BCUT2D eigenvalue weighted by Crippen LogP contribution is -2.42. The second-order valence-corrected chi connectivity index (χ2v) is 9.57. The van der Waals surface area contributed by atoms with Crippen molar-refractivity contribution < 1.29 is 4.79 Å². The number of amides is 2. The first kappa shape index (κ1) is 23.7. The zero-order chi connectivity index (χ0) is 23.5. The Labute approximate surface area is 207 Å². The molecule has 1 aliphatic carbocycles. The molecule has 2 amide bonds. The molecule has 0 aliphatic heterocycles. The van der Waals surface area contributed by atoms with Gasteiger partial charge in [-0.25, -0.2) is 9.78 Å². The van der Waals surface area contributed by atoms with E-state index in [1.807, 2.05) is 43.3 Å². The zero-order valence-corrected chi connectivity index (χ0v) is 20.6. The number of carbonyl (C=O) groups is 1. The second kappa shape index (κ2) is 10.2. The monoisotopic (exact) mass is 506 g/mol. The fourth-order valence-corrected chi connectivity index (χ4v) is 4.94. The summed E-state index contributed by atoms with van der Waals surface area (Å²) < 4.78 is 0. The summed E-state index contributed by atoms with van der Waals surface area (Å²) in [5, 5.41) is 11.2. The van der Waals surface area contributed by atoms with Gasteiger partial charge in [0.15, 0.2) is 0 Å². The van der Waals surface area contributed by atoms with E-state index < -0.39 is 0 Å². The quantitative estimate of drug-likeness (QED) is 0.383.